The second kappa shape index (κ2) is 11.6. The predicted molar refractivity (Wildman–Crippen MR) is 156 cm³/mol. The molecule has 0 saturated carbocycles. The molecular weight excluding hydrogens is 534 g/mol. The van der Waals surface area contributed by atoms with Crippen LogP contribution in [-0.2, 0) is 23.1 Å². The first-order valence-corrected chi connectivity index (χ1v) is 14.5. The zero-order valence-corrected chi connectivity index (χ0v) is 24.5. The van der Waals surface area contributed by atoms with Crippen molar-refractivity contribution in [2.75, 3.05) is 25.1 Å². The van der Waals surface area contributed by atoms with Gasteiger partial charge in [0.15, 0.2) is 0 Å². The fourth-order valence-corrected chi connectivity index (χ4v) is 5.49. The normalized spacial score (nSPS) is 19.3. The van der Waals surface area contributed by atoms with E-state index in [1.54, 1.807) is 12.4 Å². The lowest BCUT2D eigenvalue weighted by Crippen LogP contribution is -2.36. The molecule has 1 fully saturated rings. The van der Waals surface area contributed by atoms with Crippen LogP contribution in [0.2, 0.25) is 0 Å². The quantitative estimate of drug-likeness (QED) is 0.293. The molecule has 1 aromatic carbocycles. The average Bonchev–Trinajstić information content (AvgIpc) is 3.75. The first-order chi connectivity index (χ1) is 20.3. The van der Waals surface area contributed by atoms with E-state index < -0.39 is 0 Å². The van der Waals surface area contributed by atoms with Gasteiger partial charge >= 0.3 is 11.8 Å². The number of hydrogen-bond donors (Lipinski definition) is 3. The highest BCUT2D eigenvalue weighted by Crippen LogP contribution is 2.33. The number of aryl methyl sites for hydroxylation is 1. The van der Waals surface area contributed by atoms with Crippen LogP contribution in [0.4, 0.5) is 11.6 Å². The van der Waals surface area contributed by atoms with Gasteiger partial charge in [0.05, 0.1) is 35.9 Å². The Labute approximate surface area is 244 Å². The number of nitrogens with zero attached hydrogens (tertiary/aromatic N) is 6. The van der Waals surface area contributed by atoms with Crippen molar-refractivity contribution < 1.29 is 13.9 Å². The monoisotopic (exact) mass is 571 g/mol. The SMILES string of the molecule is CCc1[nH]ncc1Nc1nccc(-c2ccc3c(c2)CN([C@H]2CCOC2)CC[C@H]3NC(=O)c2nnc(C(C)(C)C)o2)n1. The third kappa shape index (κ3) is 5.90. The van der Waals surface area contributed by atoms with Crippen LogP contribution < -0.4 is 10.6 Å². The van der Waals surface area contributed by atoms with Gasteiger partial charge in [-0.25, -0.2) is 9.97 Å². The summed E-state index contributed by atoms with van der Waals surface area (Å²) in [4.78, 5) is 24.9. The lowest BCUT2D eigenvalue weighted by Gasteiger charge is -2.26. The number of nitrogens with one attached hydrogen (secondary N) is 3. The number of fused-ring (bicyclic) bond motifs is 1. The number of rotatable bonds is 7. The summed E-state index contributed by atoms with van der Waals surface area (Å²) in [6.45, 7) is 11.0. The molecule has 220 valence electrons. The maximum absolute atomic E-state index is 13.2. The first kappa shape index (κ1) is 28.0. The molecule has 2 aliphatic rings. The zero-order valence-electron chi connectivity index (χ0n) is 24.5. The molecule has 5 heterocycles. The van der Waals surface area contributed by atoms with Crippen LogP contribution in [0.5, 0.6) is 0 Å². The maximum atomic E-state index is 13.2. The number of hydrogen-bond acceptors (Lipinski definition) is 10. The topological polar surface area (TPSA) is 147 Å². The number of carbonyl (C=O) groups is 1. The molecule has 42 heavy (non-hydrogen) atoms. The Morgan fingerprint density at radius 3 is 2.83 bits per heavy atom. The van der Waals surface area contributed by atoms with Gasteiger partial charge in [0.1, 0.15) is 0 Å². The van der Waals surface area contributed by atoms with Crippen molar-refractivity contribution in [1.29, 1.82) is 0 Å². The molecule has 3 aromatic heterocycles. The van der Waals surface area contributed by atoms with E-state index in [1.807, 2.05) is 26.8 Å². The highest BCUT2D eigenvalue weighted by Gasteiger charge is 2.31. The molecule has 0 bridgehead atoms. The Balaban J connectivity index is 1.28. The molecule has 1 amide bonds. The van der Waals surface area contributed by atoms with E-state index in [1.165, 1.54) is 0 Å². The Kier molecular flexibility index (Phi) is 7.74. The van der Waals surface area contributed by atoms with Gasteiger partial charge in [-0.1, -0.05) is 39.8 Å². The minimum Gasteiger partial charge on any atom is -0.416 e. The van der Waals surface area contributed by atoms with E-state index in [4.69, 9.17) is 14.1 Å². The van der Waals surface area contributed by atoms with Crippen LogP contribution in [0.15, 0.2) is 41.1 Å². The van der Waals surface area contributed by atoms with E-state index in [0.29, 0.717) is 17.9 Å². The molecule has 12 heteroatoms. The summed E-state index contributed by atoms with van der Waals surface area (Å²) in [6, 6.07) is 8.37. The van der Waals surface area contributed by atoms with Crippen LogP contribution in [0.3, 0.4) is 0 Å². The van der Waals surface area contributed by atoms with Gasteiger partial charge in [0.25, 0.3) is 0 Å². The van der Waals surface area contributed by atoms with Crippen molar-refractivity contribution in [3.8, 4) is 11.3 Å². The number of H-pyrrole nitrogens is 1. The number of benzene rings is 1. The highest BCUT2D eigenvalue weighted by atomic mass is 16.5. The largest absolute Gasteiger partial charge is 0.416 e. The highest BCUT2D eigenvalue weighted by molar-refractivity contribution is 5.89. The van der Waals surface area contributed by atoms with Gasteiger partial charge in [-0.2, -0.15) is 5.10 Å². The summed E-state index contributed by atoms with van der Waals surface area (Å²) in [5.41, 5.74) is 5.51. The molecule has 0 radical (unpaired) electrons. The van der Waals surface area contributed by atoms with Crippen molar-refractivity contribution >= 4 is 17.5 Å². The standard InChI is InChI=1S/C30H37N9O3/c1-5-22-25(15-32-36-22)35-29-31-11-8-23(34-29)18-6-7-21-19(14-18)16-39(20-10-13-41-17-20)12-9-24(21)33-26(40)27-37-38-28(42-27)30(2,3)4/h6-8,11,14-15,20,24H,5,9-10,12-13,16-17H2,1-4H3,(H,32,36)(H,33,40)(H,31,34,35)/t20-,24+/m0/s1. The van der Waals surface area contributed by atoms with E-state index in [2.05, 4.69) is 66.0 Å². The molecule has 12 nitrogen and oxygen atoms in total. The zero-order chi connectivity index (χ0) is 29.3. The number of ether oxygens (including phenoxy) is 1. The van der Waals surface area contributed by atoms with E-state index in [-0.39, 0.29) is 23.3 Å². The third-order valence-corrected chi connectivity index (χ3v) is 7.85. The molecule has 4 aromatic rings. The number of aromatic amines is 1. The van der Waals surface area contributed by atoms with Crippen LogP contribution >= 0.6 is 0 Å². The van der Waals surface area contributed by atoms with Gasteiger partial charge in [-0.3, -0.25) is 14.8 Å². The Morgan fingerprint density at radius 2 is 2.07 bits per heavy atom. The Bertz CT molecular complexity index is 1550. The Hall–Kier alpha value is -4.16. The van der Waals surface area contributed by atoms with Crippen molar-refractivity contribution in [3.63, 3.8) is 0 Å². The smallest absolute Gasteiger partial charge is 0.309 e. The lowest BCUT2D eigenvalue weighted by atomic mass is 9.96. The molecule has 2 aliphatic heterocycles. The lowest BCUT2D eigenvalue weighted by molar-refractivity contribution is 0.0891. The van der Waals surface area contributed by atoms with Gasteiger partial charge in [-0.05, 0) is 42.5 Å². The fraction of sp³-hybridized carbons (Fsp3) is 0.467. The number of aromatic nitrogens is 6. The third-order valence-electron chi connectivity index (χ3n) is 7.85. The van der Waals surface area contributed by atoms with Crippen molar-refractivity contribution in [2.24, 2.45) is 0 Å². The first-order valence-electron chi connectivity index (χ1n) is 14.5. The predicted octanol–water partition coefficient (Wildman–Crippen LogP) is 4.32. The van der Waals surface area contributed by atoms with Crippen LogP contribution in [0.1, 0.15) is 80.0 Å². The van der Waals surface area contributed by atoms with Gasteiger partial charge in [-0.15, -0.1) is 10.2 Å². The summed E-state index contributed by atoms with van der Waals surface area (Å²) >= 11 is 0. The number of carbonyl (C=O) groups excluding carboxylic acids is 1. The summed E-state index contributed by atoms with van der Waals surface area (Å²) < 4.78 is 11.4. The van der Waals surface area contributed by atoms with Gasteiger partial charge < -0.3 is 19.8 Å². The van der Waals surface area contributed by atoms with E-state index in [9.17, 15) is 4.79 Å². The molecule has 2 atom stereocenters. The summed E-state index contributed by atoms with van der Waals surface area (Å²) in [5, 5.41) is 21.7. The minimum absolute atomic E-state index is 0.0201. The van der Waals surface area contributed by atoms with Crippen molar-refractivity contribution in [2.45, 2.75) is 71.0 Å². The summed E-state index contributed by atoms with van der Waals surface area (Å²) in [6.07, 6.45) is 6.06. The molecule has 0 aliphatic carbocycles. The summed E-state index contributed by atoms with van der Waals surface area (Å²) in [5.74, 6) is 0.548. The van der Waals surface area contributed by atoms with Crippen molar-refractivity contribution in [3.05, 3.63) is 65.3 Å². The fourth-order valence-electron chi connectivity index (χ4n) is 5.49. The maximum Gasteiger partial charge on any atom is 0.309 e. The molecular formula is C30H37N9O3. The van der Waals surface area contributed by atoms with E-state index in [0.717, 1.165) is 79.3 Å². The van der Waals surface area contributed by atoms with Crippen molar-refractivity contribution in [1.82, 2.24) is 40.6 Å². The van der Waals surface area contributed by atoms with Crippen LogP contribution in [-0.4, -0.2) is 67.0 Å². The second-order valence-corrected chi connectivity index (χ2v) is 11.9. The van der Waals surface area contributed by atoms with Crippen LogP contribution in [0, 0.1) is 0 Å². The van der Waals surface area contributed by atoms with Gasteiger partial charge in [0, 0.05) is 42.9 Å². The molecule has 0 unspecified atom stereocenters. The molecule has 6 rings (SSSR count). The second-order valence-electron chi connectivity index (χ2n) is 11.9. The number of amides is 1. The molecule has 0 spiro atoms. The summed E-state index contributed by atoms with van der Waals surface area (Å²) in [7, 11) is 0. The Morgan fingerprint density at radius 1 is 1.19 bits per heavy atom. The minimum atomic E-state index is -0.368. The van der Waals surface area contributed by atoms with Gasteiger partial charge in [0.2, 0.25) is 11.8 Å². The number of anilines is 2. The van der Waals surface area contributed by atoms with E-state index >= 15 is 0 Å². The average molecular weight is 572 g/mol. The molecule has 1 saturated heterocycles. The molecule has 3 N–H and O–H groups in total. The van der Waals surface area contributed by atoms with Crippen LogP contribution in [0.25, 0.3) is 11.3 Å².